The average Bonchev–Trinajstić information content (AvgIpc) is 3.01. The molecule has 1 amide bonds. The number of hydrogen-bond acceptors (Lipinski definition) is 2. The molecule has 0 radical (unpaired) electrons. The molecule has 0 fully saturated rings. The maximum atomic E-state index is 12.4. The first-order valence-electron chi connectivity index (χ1n) is 12.8. The van der Waals surface area contributed by atoms with Crippen LogP contribution < -0.4 is 26.0 Å². The lowest BCUT2D eigenvalue weighted by Gasteiger charge is -2.18. The van der Waals surface area contributed by atoms with Gasteiger partial charge >= 0.3 is 12.1 Å². The molecule has 5 aromatic carbocycles. The average molecular weight is 705 g/mol. The van der Waals surface area contributed by atoms with Crippen LogP contribution in [0.5, 0.6) is 11.5 Å². The van der Waals surface area contributed by atoms with Crippen molar-refractivity contribution in [1.82, 2.24) is 0 Å². The molecule has 220 valence electrons. The molecule has 0 saturated carbocycles. The molecule has 0 aliphatic heterocycles. The van der Waals surface area contributed by atoms with E-state index < -0.39 is 20.0 Å². The van der Waals surface area contributed by atoms with Crippen LogP contribution in [0.3, 0.4) is 0 Å². The number of alkyl halides is 4. The SMILES string of the molecule is O=C(Nc1cc(Cl)c(Oc2ccc(Cl)cc2)cc1CBr)C(F)(F)F.c1ccc(P(c2ccccc2)c2ccccc2)cc1. The normalized spacial score (nSPS) is 11.0. The highest BCUT2D eigenvalue weighted by Crippen LogP contribution is 2.36. The standard InChI is InChI=1S/C18H15P.C15H9BrCl2F3NO2/c1-4-10-16(11-5-1)19(17-12-6-2-7-13-17)18-14-8-3-9-15-18;16-7-8-5-13(24-10-3-1-9(17)2-4-10)11(18)6-12(8)22-14(23)15(19,20)21/h1-15H;1-6H,7H2,(H,22,23). The van der Waals surface area contributed by atoms with E-state index in [-0.39, 0.29) is 21.8 Å². The van der Waals surface area contributed by atoms with Gasteiger partial charge in [0, 0.05) is 16.0 Å². The predicted octanol–water partition coefficient (Wildman–Crippen LogP) is 9.63. The molecule has 1 N–H and O–H groups in total. The van der Waals surface area contributed by atoms with Crippen molar-refractivity contribution >= 4 is 74.6 Å². The van der Waals surface area contributed by atoms with E-state index in [1.165, 1.54) is 28.0 Å². The van der Waals surface area contributed by atoms with E-state index in [0.717, 1.165) is 0 Å². The lowest BCUT2D eigenvalue weighted by molar-refractivity contribution is -0.167. The summed E-state index contributed by atoms with van der Waals surface area (Å²) in [7, 11) is -0.446. The summed E-state index contributed by atoms with van der Waals surface area (Å²) in [4.78, 5) is 11.1. The third-order valence-electron chi connectivity index (χ3n) is 5.89. The largest absolute Gasteiger partial charge is 0.471 e. The van der Waals surface area contributed by atoms with Crippen molar-refractivity contribution in [2.75, 3.05) is 5.32 Å². The number of carbonyl (C=O) groups excluding carboxylic acids is 1. The highest BCUT2D eigenvalue weighted by Gasteiger charge is 2.39. The fraction of sp³-hybridized carbons (Fsp3) is 0.0606. The van der Waals surface area contributed by atoms with Gasteiger partial charge in [0.2, 0.25) is 0 Å². The Morgan fingerprint density at radius 1 is 0.744 bits per heavy atom. The van der Waals surface area contributed by atoms with Crippen molar-refractivity contribution in [2.45, 2.75) is 11.5 Å². The smallest absolute Gasteiger partial charge is 0.456 e. The summed E-state index contributed by atoms with van der Waals surface area (Å²) in [6, 6.07) is 41.4. The van der Waals surface area contributed by atoms with E-state index in [9.17, 15) is 18.0 Å². The third kappa shape index (κ3) is 9.32. The van der Waals surface area contributed by atoms with E-state index in [1.807, 2.05) is 0 Å². The molecule has 5 aromatic rings. The van der Waals surface area contributed by atoms with Crippen molar-refractivity contribution in [3.63, 3.8) is 0 Å². The van der Waals surface area contributed by atoms with Crippen LogP contribution in [0.15, 0.2) is 127 Å². The zero-order valence-corrected chi connectivity index (χ0v) is 26.4. The van der Waals surface area contributed by atoms with E-state index in [4.69, 9.17) is 27.9 Å². The summed E-state index contributed by atoms with van der Waals surface area (Å²) in [6.45, 7) is 0. The molecule has 0 spiro atoms. The Morgan fingerprint density at radius 2 is 1.21 bits per heavy atom. The van der Waals surface area contributed by atoms with Crippen LogP contribution in [0.25, 0.3) is 0 Å². The Morgan fingerprint density at radius 3 is 1.63 bits per heavy atom. The van der Waals surface area contributed by atoms with Crippen LogP contribution >= 0.6 is 47.1 Å². The summed E-state index contributed by atoms with van der Waals surface area (Å²) in [6.07, 6.45) is -4.99. The van der Waals surface area contributed by atoms with Crippen molar-refractivity contribution < 1.29 is 22.7 Å². The first-order chi connectivity index (χ1) is 20.7. The van der Waals surface area contributed by atoms with Crippen molar-refractivity contribution in [1.29, 1.82) is 0 Å². The molecule has 5 rings (SSSR count). The highest BCUT2D eigenvalue weighted by atomic mass is 79.9. The summed E-state index contributed by atoms with van der Waals surface area (Å²) in [5.74, 6) is -1.39. The first kappa shape index (κ1) is 32.6. The minimum Gasteiger partial charge on any atom is -0.456 e. The monoisotopic (exact) mass is 703 g/mol. The minimum absolute atomic E-state index is 0.0483. The van der Waals surface area contributed by atoms with Gasteiger partial charge in [-0.25, -0.2) is 0 Å². The van der Waals surface area contributed by atoms with Gasteiger partial charge in [0.15, 0.2) is 0 Å². The number of halogens is 6. The number of hydrogen-bond donors (Lipinski definition) is 1. The second kappa shape index (κ2) is 15.4. The Hall–Kier alpha value is -3.35. The maximum absolute atomic E-state index is 12.4. The van der Waals surface area contributed by atoms with Gasteiger partial charge in [-0.15, -0.1) is 0 Å². The number of benzene rings is 5. The first-order valence-corrected chi connectivity index (χ1v) is 16.0. The van der Waals surface area contributed by atoms with Gasteiger partial charge in [-0.2, -0.15) is 13.2 Å². The Kier molecular flexibility index (Phi) is 11.7. The molecule has 0 heterocycles. The molecular weight excluding hydrogens is 681 g/mol. The van der Waals surface area contributed by atoms with Gasteiger partial charge in [0.05, 0.1) is 5.02 Å². The van der Waals surface area contributed by atoms with Crippen LogP contribution in [-0.4, -0.2) is 12.1 Å². The van der Waals surface area contributed by atoms with Gasteiger partial charge in [-0.3, -0.25) is 4.79 Å². The quantitative estimate of drug-likeness (QED) is 0.135. The minimum atomic E-state index is -4.99. The molecule has 0 bridgehead atoms. The van der Waals surface area contributed by atoms with E-state index >= 15 is 0 Å². The summed E-state index contributed by atoms with van der Waals surface area (Å²) >= 11 is 15.0. The number of amides is 1. The molecule has 3 nitrogen and oxygen atoms in total. The van der Waals surface area contributed by atoms with Gasteiger partial charge in [-0.05, 0) is 65.8 Å². The Labute approximate surface area is 267 Å². The number of ether oxygens (including phenoxy) is 1. The second-order valence-electron chi connectivity index (χ2n) is 8.92. The lowest BCUT2D eigenvalue weighted by atomic mass is 10.2. The molecular formula is C33H24BrCl2F3NO2P. The predicted molar refractivity (Wildman–Crippen MR) is 175 cm³/mol. The van der Waals surface area contributed by atoms with Gasteiger partial charge in [0.25, 0.3) is 0 Å². The fourth-order valence-corrected chi connectivity index (χ4v) is 7.00. The molecule has 0 saturated heterocycles. The zero-order valence-electron chi connectivity index (χ0n) is 22.4. The maximum Gasteiger partial charge on any atom is 0.471 e. The second-order valence-corrected chi connectivity index (χ2v) is 12.5. The number of anilines is 1. The van der Waals surface area contributed by atoms with E-state index in [1.54, 1.807) is 29.6 Å². The van der Waals surface area contributed by atoms with E-state index in [0.29, 0.717) is 16.3 Å². The fourth-order valence-electron chi connectivity index (χ4n) is 3.90. The van der Waals surface area contributed by atoms with Gasteiger partial charge in [-0.1, -0.05) is 130 Å². The molecule has 43 heavy (non-hydrogen) atoms. The number of nitrogens with one attached hydrogen (secondary N) is 1. The van der Waals surface area contributed by atoms with Crippen LogP contribution in [-0.2, 0) is 10.1 Å². The van der Waals surface area contributed by atoms with Crippen molar-refractivity contribution in [2.24, 2.45) is 0 Å². The molecule has 0 atom stereocenters. The molecule has 0 aliphatic rings. The van der Waals surface area contributed by atoms with Gasteiger partial charge < -0.3 is 10.1 Å². The van der Waals surface area contributed by atoms with Crippen molar-refractivity contribution in [3.8, 4) is 11.5 Å². The van der Waals surface area contributed by atoms with Crippen molar-refractivity contribution in [3.05, 3.63) is 143 Å². The topological polar surface area (TPSA) is 38.3 Å². The third-order valence-corrected chi connectivity index (χ3v) is 9.49. The molecule has 0 aromatic heterocycles. The molecule has 10 heteroatoms. The molecule has 0 aliphatic carbocycles. The van der Waals surface area contributed by atoms with Crippen LogP contribution in [0.2, 0.25) is 10.0 Å². The lowest BCUT2D eigenvalue weighted by Crippen LogP contribution is -2.30. The number of rotatable bonds is 7. The van der Waals surface area contributed by atoms with Crippen LogP contribution in [0.1, 0.15) is 5.56 Å². The summed E-state index contributed by atoms with van der Waals surface area (Å²) < 4.78 is 42.7. The highest BCUT2D eigenvalue weighted by molar-refractivity contribution is 9.08. The Bertz CT molecular complexity index is 1530. The summed E-state index contributed by atoms with van der Waals surface area (Å²) in [5.41, 5.74) is 0.323. The van der Waals surface area contributed by atoms with E-state index in [2.05, 4.69) is 107 Å². The van der Waals surface area contributed by atoms with Crippen LogP contribution in [0, 0.1) is 0 Å². The zero-order chi connectivity index (χ0) is 30.8. The van der Waals surface area contributed by atoms with Crippen LogP contribution in [0.4, 0.5) is 18.9 Å². The Balaban J connectivity index is 0.000000202. The number of carbonyl (C=O) groups is 1. The van der Waals surface area contributed by atoms with Gasteiger partial charge in [0.1, 0.15) is 11.5 Å². The summed E-state index contributed by atoms with van der Waals surface area (Å²) in [5, 5.41) is 6.75. The molecule has 0 unspecified atom stereocenters.